The first-order valence-corrected chi connectivity index (χ1v) is 13.3. The van der Waals surface area contributed by atoms with E-state index in [1.165, 1.54) is 0 Å². The molecule has 0 radical (unpaired) electrons. The Morgan fingerprint density at radius 2 is 0.722 bits per heavy atom. The molecule has 0 amide bonds. The summed E-state index contributed by atoms with van der Waals surface area (Å²) >= 11 is 11.1. The summed E-state index contributed by atoms with van der Waals surface area (Å²) < 4.78 is 44.0. The molecule has 2 rings (SSSR count). The van der Waals surface area contributed by atoms with Crippen molar-refractivity contribution in [2.75, 3.05) is 104 Å². The molecule has 0 bridgehead atoms. The van der Waals surface area contributed by atoms with E-state index < -0.39 is 0 Å². The maximum Gasteiger partial charge on any atom is 0.120 e. The summed E-state index contributed by atoms with van der Waals surface area (Å²) in [6.45, 7) is 7.20. The number of rotatable bonds is 24. The zero-order valence-corrected chi connectivity index (χ0v) is 22.3. The van der Waals surface area contributed by atoms with Gasteiger partial charge in [0.05, 0.1) is 79.3 Å². The van der Waals surface area contributed by atoms with Gasteiger partial charge in [0, 0.05) is 11.8 Å². The summed E-state index contributed by atoms with van der Waals surface area (Å²) in [7, 11) is 0. The summed E-state index contributed by atoms with van der Waals surface area (Å²) in [6.07, 6.45) is 0. The third-order valence-corrected chi connectivity index (χ3v) is 5.02. The molecule has 10 heteroatoms. The van der Waals surface area contributed by atoms with Gasteiger partial charge in [0.25, 0.3) is 0 Å². The Morgan fingerprint density at radius 1 is 0.389 bits per heavy atom. The van der Waals surface area contributed by atoms with Crippen LogP contribution in [0.4, 0.5) is 0 Å². The highest BCUT2D eigenvalue weighted by Crippen LogP contribution is 2.25. The van der Waals surface area contributed by atoms with Gasteiger partial charge >= 0.3 is 0 Å². The molecule has 2 aromatic carbocycles. The molecule has 0 N–H and O–H groups in total. The van der Waals surface area contributed by atoms with E-state index in [0.29, 0.717) is 104 Å². The molecule has 0 aliphatic rings. The van der Waals surface area contributed by atoms with Gasteiger partial charge in [0.1, 0.15) is 24.7 Å². The standard InChI is InChI=1S/C26H38Cl2O8/c27-5-7-29-9-11-31-13-15-33-17-19-35-25-3-1-23-2-4-26(22-24(23)21-25)36-20-18-34-16-14-32-12-10-30-8-6-28/h1-4,21-22H,5-20H2. The third-order valence-electron chi connectivity index (χ3n) is 4.71. The number of fused-ring (bicyclic) bond motifs is 1. The normalized spacial score (nSPS) is 11.3. The van der Waals surface area contributed by atoms with Crippen molar-refractivity contribution in [3.8, 4) is 11.5 Å². The second kappa shape index (κ2) is 21.7. The highest BCUT2D eigenvalue weighted by Gasteiger charge is 2.02. The van der Waals surface area contributed by atoms with E-state index in [-0.39, 0.29) is 0 Å². The highest BCUT2D eigenvalue weighted by molar-refractivity contribution is 6.18. The van der Waals surface area contributed by atoms with E-state index in [1.54, 1.807) is 0 Å². The molecule has 0 aliphatic carbocycles. The lowest BCUT2D eigenvalue weighted by molar-refractivity contribution is 0.0116. The van der Waals surface area contributed by atoms with E-state index in [1.807, 2.05) is 36.4 Å². The second-order valence-corrected chi connectivity index (χ2v) is 8.18. The van der Waals surface area contributed by atoms with Crippen molar-refractivity contribution >= 4 is 34.0 Å². The minimum Gasteiger partial charge on any atom is -0.491 e. The first kappa shape index (κ1) is 30.9. The van der Waals surface area contributed by atoms with E-state index in [0.717, 1.165) is 22.3 Å². The molecular weight excluding hydrogens is 511 g/mol. The summed E-state index contributed by atoms with van der Waals surface area (Å²) in [5, 5.41) is 2.16. The van der Waals surface area contributed by atoms with Crippen molar-refractivity contribution in [3.05, 3.63) is 36.4 Å². The third kappa shape index (κ3) is 15.0. The lowest BCUT2D eigenvalue weighted by atomic mass is 10.1. The zero-order valence-electron chi connectivity index (χ0n) is 20.8. The van der Waals surface area contributed by atoms with Gasteiger partial charge in [-0.25, -0.2) is 0 Å². The maximum atomic E-state index is 5.81. The number of halogens is 2. The SMILES string of the molecule is ClCCOCCOCCOCCOc1ccc2ccc(OCCOCCOCCOCCCl)cc2c1. The van der Waals surface area contributed by atoms with Crippen LogP contribution < -0.4 is 9.47 Å². The maximum absolute atomic E-state index is 5.81. The van der Waals surface area contributed by atoms with E-state index in [9.17, 15) is 0 Å². The Balaban J connectivity index is 1.54. The Labute approximate surface area is 223 Å². The fraction of sp³-hybridized carbons (Fsp3) is 0.615. The highest BCUT2D eigenvalue weighted by atomic mass is 35.5. The lowest BCUT2D eigenvalue weighted by Crippen LogP contribution is -2.13. The Morgan fingerprint density at radius 3 is 1.08 bits per heavy atom. The Hall–Kier alpha value is -1.36. The summed E-state index contributed by atoms with van der Waals surface area (Å²) in [4.78, 5) is 0. The van der Waals surface area contributed by atoms with Crippen molar-refractivity contribution in [1.82, 2.24) is 0 Å². The van der Waals surface area contributed by atoms with Crippen molar-refractivity contribution < 1.29 is 37.9 Å². The van der Waals surface area contributed by atoms with Gasteiger partial charge in [-0.15, -0.1) is 23.2 Å². The number of hydrogen-bond acceptors (Lipinski definition) is 8. The monoisotopic (exact) mass is 548 g/mol. The van der Waals surface area contributed by atoms with E-state index in [2.05, 4.69) is 0 Å². The minimum absolute atomic E-state index is 0.460. The predicted molar refractivity (Wildman–Crippen MR) is 141 cm³/mol. The molecule has 0 fully saturated rings. The van der Waals surface area contributed by atoms with Crippen LogP contribution in [0.5, 0.6) is 11.5 Å². The van der Waals surface area contributed by atoms with Crippen LogP contribution in [0.1, 0.15) is 0 Å². The lowest BCUT2D eigenvalue weighted by Gasteiger charge is -2.10. The van der Waals surface area contributed by atoms with Crippen molar-refractivity contribution in [1.29, 1.82) is 0 Å². The molecule has 0 aromatic heterocycles. The average Bonchev–Trinajstić information content (AvgIpc) is 2.90. The van der Waals surface area contributed by atoms with E-state index >= 15 is 0 Å². The Bertz CT molecular complexity index is 735. The van der Waals surface area contributed by atoms with Crippen molar-refractivity contribution in [2.45, 2.75) is 0 Å². The van der Waals surface area contributed by atoms with Gasteiger partial charge < -0.3 is 37.9 Å². The zero-order chi connectivity index (χ0) is 25.5. The van der Waals surface area contributed by atoms with Gasteiger partial charge in [0.15, 0.2) is 0 Å². The molecule has 0 atom stereocenters. The number of hydrogen-bond donors (Lipinski definition) is 0. The molecule has 0 saturated carbocycles. The smallest absolute Gasteiger partial charge is 0.120 e. The van der Waals surface area contributed by atoms with Crippen LogP contribution in [0, 0.1) is 0 Å². The molecule has 204 valence electrons. The van der Waals surface area contributed by atoms with Crippen LogP contribution >= 0.6 is 23.2 Å². The average molecular weight is 549 g/mol. The van der Waals surface area contributed by atoms with Crippen LogP contribution in [-0.2, 0) is 28.4 Å². The molecule has 0 heterocycles. The fourth-order valence-electron chi connectivity index (χ4n) is 3.01. The van der Waals surface area contributed by atoms with Gasteiger partial charge in [-0.3, -0.25) is 0 Å². The molecular formula is C26H38Cl2O8. The molecule has 36 heavy (non-hydrogen) atoms. The number of alkyl halides is 2. The van der Waals surface area contributed by atoms with Gasteiger partial charge in [-0.1, -0.05) is 12.1 Å². The van der Waals surface area contributed by atoms with Crippen molar-refractivity contribution in [2.24, 2.45) is 0 Å². The predicted octanol–water partition coefficient (Wildman–Crippen LogP) is 4.17. The van der Waals surface area contributed by atoms with Gasteiger partial charge in [-0.05, 0) is 35.0 Å². The largest absolute Gasteiger partial charge is 0.491 e. The van der Waals surface area contributed by atoms with Crippen LogP contribution in [0.2, 0.25) is 0 Å². The molecule has 8 nitrogen and oxygen atoms in total. The first-order valence-electron chi connectivity index (χ1n) is 12.2. The number of ether oxygens (including phenoxy) is 8. The molecule has 0 saturated heterocycles. The van der Waals surface area contributed by atoms with Crippen LogP contribution in [0.15, 0.2) is 36.4 Å². The molecule has 0 spiro atoms. The topological polar surface area (TPSA) is 73.8 Å². The van der Waals surface area contributed by atoms with Crippen LogP contribution in [-0.4, -0.2) is 104 Å². The molecule has 0 unspecified atom stereocenters. The molecule has 0 aliphatic heterocycles. The van der Waals surface area contributed by atoms with Crippen molar-refractivity contribution in [3.63, 3.8) is 0 Å². The molecule has 2 aromatic rings. The first-order chi connectivity index (χ1) is 17.8. The summed E-state index contributed by atoms with van der Waals surface area (Å²) in [5.74, 6) is 2.56. The number of benzene rings is 2. The van der Waals surface area contributed by atoms with Crippen LogP contribution in [0.25, 0.3) is 10.8 Å². The van der Waals surface area contributed by atoms with Gasteiger partial charge in [0.2, 0.25) is 0 Å². The van der Waals surface area contributed by atoms with E-state index in [4.69, 9.17) is 61.1 Å². The quantitative estimate of drug-likeness (QED) is 0.143. The summed E-state index contributed by atoms with van der Waals surface area (Å²) in [5.41, 5.74) is 0. The van der Waals surface area contributed by atoms with Gasteiger partial charge in [-0.2, -0.15) is 0 Å². The second-order valence-electron chi connectivity index (χ2n) is 7.42. The minimum atomic E-state index is 0.460. The van der Waals surface area contributed by atoms with Crippen LogP contribution in [0.3, 0.4) is 0 Å². The summed E-state index contributed by atoms with van der Waals surface area (Å²) in [6, 6.07) is 12.0. The Kier molecular flexibility index (Phi) is 18.6. The fourth-order valence-corrected chi connectivity index (χ4v) is 3.23.